The molecule has 0 spiro atoms. The molecule has 1 saturated heterocycles. The van der Waals surface area contributed by atoms with Crippen LogP contribution in [-0.2, 0) is 4.79 Å². The van der Waals surface area contributed by atoms with Crippen LogP contribution in [0.15, 0.2) is 0 Å². The first kappa shape index (κ1) is 12.9. The lowest BCUT2D eigenvalue weighted by Gasteiger charge is -2.34. The van der Waals surface area contributed by atoms with Gasteiger partial charge in [-0.15, -0.1) is 0 Å². The quantitative estimate of drug-likeness (QED) is 0.758. The molecule has 3 nitrogen and oxygen atoms in total. The van der Waals surface area contributed by atoms with Crippen molar-refractivity contribution in [2.24, 2.45) is 29.4 Å². The third kappa shape index (κ3) is 2.65. The molecule has 2 fully saturated rings. The molecule has 1 aliphatic carbocycles. The van der Waals surface area contributed by atoms with Crippen LogP contribution in [0.5, 0.6) is 0 Å². The fourth-order valence-electron chi connectivity index (χ4n) is 3.23. The van der Waals surface area contributed by atoms with Crippen molar-refractivity contribution < 1.29 is 4.79 Å². The summed E-state index contributed by atoms with van der Waals surface area (Å²) in [5, 5.41) is 0. The molecule has 98 valence electrons. The third-order valence-electron chi connectivity index (χ3n) is 4.78. The van der Waals surface area contributed by atoms with E-state index in [1.165, 1.54) is 6.42 Å². The van der Waals surface area contributed by atoms with Crippen LogP contribution in [0, 0.1) is 23.7 Å². The molecule has 3 heteroatoms. The predicted molar refractivity (Wildman–Crippen MR) is 69.4 cm³/mol. The molecule has 2 aliphatic rings. The smallest absolute Gasteiger partial charge is 0.227 e. The highest BCUT2D eigenvalue weighted by Crippen LogP contribution is 2.31. The van der Waals surface area contributed by atoms with Gasteiger partial charge >= 0.3 is 0 Å². The number of hydrogen-bond acceptors (Lipinski definition) is 2. The first-order valence-corrected chi connectivity index (χ1v) is 7.03. The molecule has 0 bridgehead atoms. The second-order valence-electron chi connectivity index (χ2n) is 6.39. The maximum atomic E-state index is 12.5. The molecule has 5 unspecified atom stereocenters. The van der Waals surface area contributed by atoms with Crippen LogP contribution in [0.4, 0.5) is 0 Å². The lowest BCUT2D eigenvalue weighted by atomic mass is 9.78. The Labute approximate surface area is 105 Å². The van der Waals surface area contributed by atoms with Gasteiger partial charge in [0.2, 0.25) is 5.91 Å². The Morgan fingerprint density at radius 3 is 2.29 bits per heavy atom. The van der Waals surface area contributed by atoms with Gasteiger partial charge in [-0.3, -0.25) is 4.79 Å². The van der Waals surface area contributed by atoms with Gasteiger partial charge in [0.05, 0.1) is 5.92 Å². The second-order valence-corrected chi connectivity index (χ2v) is 6.39. The van der Waals surface area contributed by atoms with Gasteiger partial charge in [0.25, 0.3) is 0 Å². The number of carbonyl (C=O) groups excluding carboxylic acids is 1. The van der Waals surface area contributed by atoms with E-state index in [2.05, 4.69) is 25.7 Å². The molecule has 17 heavy (non-hydrogen) atoms. The van der Waals surface area contributed by atoms with Gasteiger partial charge in [-0.2, -0.15) is 0 Å². The van der Waals surface area contributed by atoms with Gasteiger partial charge in [-0.05, 0) is 37.0 Å². The zero-order valence-electron chi connectivity index (χ0n) is 11.4. The van der Waals surface area contributed by atoms with Crippen molar-refractivity contribution in [3.05, 3.63) is 0 Å². The van der Waals surface area contributed by atoms with Crippen LogP contribution >= 0.6 is 0 Å². The number of carbonyl (C=O) groups is 1. The van der Waals surface area contributed by atoms with E-state index in [1.807, 2.05) is 0 Å². The van der Waals surface area contributed by atoms with Crippen LogP contribution < -0.4 is 5.73 Å². The standard InChI is InChI=1S/C14H26N2O/c1-9-4-5-13(15)12(6-9)14(17)16-7-10(2)11(3)8-16/h9-13H,4-8,15H2,1-3H3. The first-order valence-electron chi connectivity index (χ1n) is 7.03. The SMILES string of the molecule is CC1CCC(N)C(C(=O)N2CC(C)C(C)C2)C1. The number of nitrogens with two attached hydrogens (primary N) is 1. The molecule has 2 N–H and O–H groups in total. The summed E-state index contributed by atoms with van der Waals surface area (Å²) in [6.07, 6.45) is 3.17. The minimum Gasteiger partial charge on any atom is -0.342 e. The minimum atomic E-state index is 0.0799. The largest absolute Gasteiger partial charge is 0.342 e. The summed E-state index contributed by atoms with van der Waals surface area (Å²) in [6, 6.07) is 0.0879. The van der Waals surface area contributed by atoms with Crippen LogP contribution in [0.3, 0.4) is 0 Å². The minimum absolute atomic E-state index is 0.0799. The van der Waals surface area contributed by atoms with Gasteiger partial charge < -0.3 is 10.6 Å². The number of hydrogen-bond donors (Lipinski definition) is 1. The molecule has 5 atom stereocenters. The van der Waals surface area contributed by atoms with E-state index >= 15 is 0 Å². The van der Waals surface area contributed by atoms with Crippen LogP contribution in [0.1, 0.15) is 40.0 Å². The maximum Gasteiger partial charge on any atom is 0.227 e. The molecule has 1 saturated carbocycles. The lowest BCUT2D eigenvalue weighted by Crippen LogP contribution is -2.46. The van der Waals surface area contributed by atoms with Crippen molar-refractivity contribution in [2.45, 2.75) is 46.1 Å². The fraction of sp³-hybridized carbons (Fsp3) is 0.929. The number of amides is 1. The first-order chi connectivity index (χ1) is 7.99. The van der Waals surface area contributed by atoms with Gasteiger partial charge in [0.15, 0.2) is 0 Å². The van der Waals surface area contributed by atoms with E-state index in [4.69, 9.17) is 5.73 Å². The third-order valence-corrected chi connectivity index (χ3v) is 4.78. The Bertz CT molecular complexity index is 282. The Kier molecular flexibility index (Phi) is 3.76. The molecule has 1 heterocycles. The van der Waals surface area contributed by atoms with Gasteiger partial charge in [-0.1, -0.05) is 20.8 Å². The molecular formula is C14H26N2O. The molecular weight excluding hydrogens is 212 g/mol. The highest BCUT2D eigenvalue weighted by Gasteiger charge is 2.37. The summed E-state index contributed by atoms with van der Waals surface area (Å²) in [7, 11) is 0. The van der Waals surface area contributed by atoms with Crippen molar-refractivity contribution in [3.8, 4) is 0 Å². The van der Waals surface area contributed by atoms with Crippen molar-refractivity contribution in [1.29, 1.82) is 0 Å². The topological polar surface area (TPSA) is 46.3 Å². The molecule has 2 rings (SSSR count). The average Bonchev–Trinajstić information content (AvgIpc) is 2.62. The number of rotatable bonds is 1. The van der Waals surface area contributed by atoms with E-state index in [0.717, 1.165) is 25.9 Å². The number of likely N-dealkylation sites (tertiary alicyclic amines) is 1. The van der Waals surface area contributed by atoms with E-state index in [1.54, 1.807) is 0 Å². The molecule has 0 aromatic rings. The van der Waals surface area contributed by atoms with Crippen LogP contribution in [-0.4, -0.2) is 29.9 Å². The molecule has 0 aromatic heterocycles. The van der Waals surface area contributed by atoms with E-state index < -0.39 is 0 Å². The van der Waals surface area contributed by atoms with Gasteiger partial charge in [0, 0.05) is 19.1 Å². The van der Waals surface area contributed by atoms with E-state index in [-0.39, 0.29) is 12.0 Å². The van der Waals surface area contributed by atoms with Gasteiger partial charge in [0.1, 0.15) is 0 Å². The number of nitrogens with zero attached hydrogens (tertiary/aromatic N) is 1. The van der Waals surface area contributed by atoms with Crippen LogP contribution in [0.2, 0.25) is 0 Å². The average molecular weight is 238 g/mol. The zero-order chi connectivity index (χ0) is 12.6. The molecule has 1 aliphatic heterocycles. The van der Waals surface area contributed by atoms with E-state index in [9.17, 15) is 4.79 Å². The highest BCUT2D eigenvalue weighted by atomic mass is 16.2. The van der Waals surface area contributed by atoms with Gasteiger partial charge in [-0.25, -0.2) is 0 Å². The maximum absolute atomic E-state index is 12.5. The molecule has 1 amide bonds. The lowest BCUT2D eigenvalue weighted by molar-refractivity contribution is -0.136. The Hall–Kier alpha value is -0.570. The Morgan fingerprint density at radius 1 is 1.12 bits per heavy atom. The van der Waals surface area contributed by atoms with Crippen LogP contribution in [0.25, 0.3) is 0 Å². The normalized spacial score (nSPS) is 42.8. The van der Waals surface area contributed by atoms with Crippen molar-refractivity contribution >= 4 is 5.91 Å². The molecule has 0 radical (unpaired) electrons. The summed E-state index contributed by atoms with van der Waals surface area (Å²) < 4.78 is 0. The van der Waals surface area contributed by atoms with Crippen molar-refractivity contribution in [1.82, 2.24) is 4.90 Å². The summed E-state index contributed by atoms with van der Waals surface area (Å²) >= 11 is 0. The van der Waals surface area contributed by atoms with Crippen molar-refractivity contribution in [2.75, 3.05) is 13.1 Å². The fourth-order valence-corrected chi connectivity index (χ4v) is 3.23. The summed E-state index contributed by atoms with van der Waals surface area (Å²) in [6.45, 7) is 8.57. The Balaban J connectivity index is 1.99. The monoisotopic (exact) mass is 238 g/mol. The van der Waals surface area contributed by atoms with Crippen molar-refractivity contribution in [3.63, 3.8) is 0 Å². The summed E-state index contributed by atoms with van der Waals surface area (Å²) in [4.78, 5) is 14.5. The van der Waals surface area contributed by atoms with E-state index in [0.29, 0.717) is 23.7 Å². The predicted octanol–water partition coefficient (Wildman–Crippen LogP) is 1.86. The highest BCUT2D eigenvalue weighted by molar-refractivity contribution is 5.80. The zero-order valence-corrected chi connectivity index (χ0v) is 11.4. The second kappa shape index (κ2) is 4.97. The Morgan fingerprint density at radius 2 is 1.71 bits per heavy atom. The summed E-state index contributed by atoms with van der Waals surface area (Å²) in [5.74, 6) is 2.32. The molecule has 0 aromatic carbocycles. The summed E-state index contributed by atoms with van der Waals surface area (Å²) in [5.41, 5.74) is 6.13.